The first-order chi connectivity index (χ1) is 14.3. The van der Waals surface area contributed by atoms with E-state index in [1.54, 1.807) is 0 Å². The number of rotatable bonds is 8. The number of benzene rings is 1. The van der Waals surface area contributed by atoms with Crippen LogP contribution in [0.5, 0.6) is 5.75 Å². The van der Waals surface area contributed by atoms with Gasteiger partial charge in [0.15, 0.2) is 6.61 Å². The number of amides is 3. The summed E-state index contributed by atoms with van der Waals surface area (Å²) >= 11 is 7.06. The lowest BCUT2D eigenvalue weighted by molar-refractivity contribution is -0.126. The van der Waals surface area contributed by atoms with Crippen LogP contribution >= 0.6 is 23.4 Å². The Morgan fingerprint density at radius 2 is 2.00 bits per heavy atom. The average Bonchev–Trinajstić information content (AvgIpc) is 3.05. The molecule has 0 bridgehead atoms. The number of halogens is 1. The molecule has 0 aliphatic carbocycles. The van der Waals surface area contributed by atoms with Crippen molar-refractivity contribution < 1.29 is 32.3 Å². The van der Waals surface area contributed by atoms with Gasteiger partial charge in [-0.2, -0.15) is 4.31 Å². The van der Waals surface area contributed by atoms with E-state index in [2.05, 4.69) is 5.32 Å². The second-order valence-corrected chi connectivity index (χ2v) is 9.62. The molecule has 10 nitrogen and oxygen atoms in total. The second kappa shape index (κ2) is 9.96. The highest BCUT2D eigenvalue weighted by atomic mass is 35.5. The van der Waals surface area contributed by atoms with Crippen LogP contribution < -0.4 is 10.1 Å². The number of sulfonamides is 1. The van der Waals surface area contributed by atoms with Crippen molar-refractivity contribution in [2.75, 3.05) is 51.8 Å². The van der Waals surface area contributed by atoms with Gasteiger partial charge in [0.2, 0.25) is 15.9 Å². The van der Waals surface area contributed by atoms with Gasteiger partial charge in [-0.1, -0.05) is 23.4 Å². The van der Waals surface area contributed by atoms with Crippen LogP contribution in [0.1, 0.15) is 0 Å². The molecule has 0 radical (unpaired) electrons. The summed E-state index contributed by atoms with van der Waals surface area (Å²) in [5.41, 5.74) is 0. The van der Waals surface area contributed by atoms with E-state index in [4.69, 9.17) is 21.1 Å². The van der Waals surface area contributed by atoms with Crippen molar-refractivity contribution in [1.29, 1.82) is 0 Å². The molecular formula is C17H20ClN3O7S2. The van der Waals surface area contributed by atoms with E-state index < -0.39 is 15.9 Å². The number of nitrogens with zero attached hydrogens (tertiary/aromatic N) is 2. The topological polar surface area (TPSA) is 122 Å². The van der Waals surface area contributed by atoms with Crippen molar-refractivity contribution in [2.24, 2.45) is 0 Å². The molecule has 13 heteroatoms. The van der Waals surface area contributed by atoms with Crippen LogP contribution in [0, 0.1) is 0 Å². The van der Waals surface area contributed by atoms with Crippen LogP contribution in [-0.2, 0) is 24.3 Å². The van der Waals surface area contributed by atoms with Crippen LogP contribution in [0.25, 0.3) is 0 Å². The standard InChI is InChI=1S/C17H20ClN3O7S2/c18-13-9-12(30(25,26)20-5-7-27-8-6-20)1-2-14(13)28-10-15(22)19-3-4-21-16(23)11-29-17(21)24/h1-2,9H,3-8,10-11H2,(H,19,22). The maximum absolute atomic E-state index is 12.6. The first-order valence-electron chi connectivity index (χ1n) is 9.03. The lowest BCUT2D eigenvalue weighted by Crippen LogP contribution is -2.40. The van der Waals surface area contributed by atoms with Gasteiger partial charge in [0.25, 0.3) is 11.1 Å². The highest BCUT2D eigenvalue weighted by molar-refractivity contribution is 8.14. The molecule has 164 valence electrons. The van der Waals surface area contributed by atoms with Crippen LogP contribution in [0.4, 0.5) is 4.79 Å². The highest BCUT2D eigenvalue weighted by Crippen LogP contribution is 2.29. The summed E-state index contributed by atoms with van der Waals surface area (Å²) < 4.78 is 37.1. The van der Waals surface area contributed by atoms with E-state index in [0.29, 0.717) is 13.2 Å². The minimum absolute atomic E-state index is 0.0315. The number of hydrogen-bond donors (Lipinski definition) is 1. The van der Waals surface area contributed by atoms with E-state index in [1.165, 1.54) is 22.5 Å². The Balaban J connectivity index is 1.50. The van der Waals surface area contributed by atoms with Crippen molar-refractivity contribution in [1.82, 2.24) is 14.5 Å². The molecule has 2 saturated heterocycles. The third kappa shape index (κ3) is 5.43. The quantitative estimate of drug-likeness (QED) is 0.576. The normalized spacial score (nSPS) is 18.0. The third-order valence-corrected chi connectivity index (χ3v) is 7.42. The number of imide groups is 1. The molecule has 2 heterocycles. The van der Waals surface area contributed by atoms with Gasteiger partial charge in [-0.25, -0.2) is 8.42 Å². The van der Waals surface area contributed by atoms with Crippen molar-refractivity contribution >= 4 is 50.4 Å². The molecule has 2 aliphatic rings. The van der Waals surface area contributed by atoms with E-state index in [0.717, 1.165) is 16.7 Å². The number of thioether (sulfide) groups is 1. The van der Waals surface area contributed by atoms with E-state index in [1.807, 2.05) is 0 Å². The SMILES string of the molecule is O=C(COc1ccc(S(=O)(=O)N2CCOCC2)cc1Cl)NCCN1C(=O)CSC1=O. The lowest BCUT2D eigenvalue weighted by atomic mass is 10.3. The zero-order valence-corrected chi connectivity index (χ0v) is 18.2. The van der Waals surface area contributed by atoms with Crippen molar-refractivity contribution in [3.05, 3.63) is 23.2 Å². The summed E-state index contributed by atoms with van der Waals surface area (Å²) in [4.78, 5) is 36.0. The van der Waals surface area contributed by atoms with Gasteiger partial charge < -0.3 is 14.8 Å². The van der Waals surface area contributed by atoms with Gasteiger partial charge in [0, 0.05) is 26.2 Å². The average molecular weight is 478 g/mol. The van der Waals surface area contributed by atoms with Gasteiger partial charge >= 0.3 is 0 Å². The maximum Gasteiger partial charge on any atom is 0.288 e. The van der Waals surface area contributed by atoms with Crippen LogP contribution in [0.3, 0.4) is 0 Å². The fourth-order valence-electron chi connectivity index (χ4n) is 2.79. The van der Waals surface area contributed by atoms with E-state index in [9.17, 15) is 22.8 Å². The molecule has 3 rings (SSSR count). The van der Waals surface area contributed by atoms with Crippen LogP contribution in [-0.4, -0.2) is 86.4 Å². The summed E-state index contributed by atoms with van der Waals surface area (Å²) in [5, 5.41) is 2.27. The Kier molecular flexibility index (Phi) is 7.58. The Morgan fingerprint density at radius 3 is 2.63 bits per heavy atom. The molecule has 1 aromatic carbocycles. The summed E-state index contributed by atoms with van der Waals surface area (Å²) in [7, 11) is -3.69. The van der Waals surface area contributed by atoms with Gasteiger partial charge in [-0.05, 0) is 18.2 Å². The van der Waals surface area contributed by atoms with Gasteiger partial charge in [-0.3, -0.25) is 19.3 Å². The number of carbonyl (C=O) groups is 3. The largest absolute Gasteiger partial charge is 0.482 e. The number of ether oxygens (including phenoxy) is 2. The molecule has 1 aromatic rings. The third-order valence-electron chi connectivity index (χ3n) is 4.37. The maximum atomic E-state index is 12.6. The van der Waals surface area contributed by atoms with Crippen molar-refractivity contribution in [3.8, 4) is 5.75 Å². The molecule has 1 N–H and O–H groups in total. The first kappa shape index (κ1) is 22.8. The molecule has 2 aliphatic heterocycles. The monoisotopic (exact) mass is 477 g/mol. The number of carbonyl (C=O) groups excluding carboxylic acids is 3. The Hall–Kier alpha value is -1.86. The lowest BCUT2D eigenvalue weighted by Gasteiger charge is -2.26. The summed E-state index contributed by atoms with van der Waals surface area (Å²) in [6.45, 7) is 1.05. The second-order valence-electron chi connectivity index (χ2n) is 6.35. The Labute approximate surface area is 182 Å². The van der Waals surface area contributed by atoms with E-state index >= 15 is 0 Å². The Bertz CT molecular complexity index is 919. The van der Waals surface area contributed by atoms with Gasteiger partial charge in [0.1, 0.15) is 5.75 Å². The zero-order chi connectivity index (χ0) is 21.7. The minimum Gasteiger partial charge on any atom is -0.482 e. The summed E-state index contributed by atoms with van der Waals surface area (Å²) in [6.07, 6.45) is 0. The van der Waals surface area contributed by atoms with Gasteiger partial charge in [-0.15, -0.1) is 0 Å². The number of morpholine rings is 1. The van der Waals surface area contributed by atoms with Crippen LogP contribution in [0.2, 0.25) is 5.02 Å². The molecule has 0 unspecified atom stereocenters. The highest BCUT2D eigenvalue weighted by Gasteiger charge is 2.29. The molecule has 0 aromatic heterocycles. The minimum atomic E-state index is -3.69. The number of nitrogens with one attached hydrogen (secondary N) is 1. The zero-order valence-electron chi connectivity index (χ0n) is 15.8. The summed E-state index contributed by atoms with van der Waals surface area (Å²) in [6, 6.07) is 4.04. The van der Waals surface area contributed by atoms with Crippen LogP contribution in [0.15, 0.2) is 23.1 Å². The molecule has 2 fully saturated rings. The Morgan fingerprint density at radius 1 is 1.27 bits per heavy atom. The predicted octanol–water partition coefficient (Wildman–Crippen LogP) is 0.551. The van der Waals surface area contributed by atoms with Crippen molar-refractivity contribution in [3.63, 3.8) is 0 Å². The molecular weight excluding hydrogens is 458 g/mol. The molecule has 0 spiro atoms. The number of hydrogen-bond acceptors (Lipinski definition) is 8. The van der Waals surface area contributed by atoms with Gasteiger partial charge in [0.05, 0.1) is 28.9 Å². The van der Waals surface area contributed by atoms with Crippen molar-refractivity contribution in [2.45, 2.75) is 4.90 Å². The molecule has 0 atom stereocenters. The fourth-order valence-corrected chi connectivity index (χ4v) is 5.28. The smallest absolute Gasteiger partial charge is 0.288 e. The predicted molar refractivity (Wildman–Crippen MR) is 109 cm³/mol. The summed E-state index contributed by atoms with van der Waals surface area (Å²) in [5.74, 6) is -0.475. The molecule has 0 saturated carbocycles. The molecule has 3 amide bonds. The molecule has 30 heavy (non-hydrogen) atoms. The van der Waals surface area contributed by atoms with E-state index in [-0.39, 0.29) is 65.4 Å². The fraction of sp³-hybridized carbons (Fsp3) is 0.471. The first-order valence-corrected chi connectivity index (χ1v) is 11.8.